The Bertz CT molecular complexity index is 477. The summed E-state index contributed by atoms with van der Waals surface area (Å²) < 4.78 is 5.29. The van der Waals surface area contributed by atoms with Crippen molar-refractivity contribution in [2.24, 2.45) is 0 Å². The molecule has 110 valence electrons. The Balaban J connectivity index is 2.02. The van der Waals surface area contributed by atoms with E-state index in [9.17, 15) is 9.90 Å². The molecule has 0 saturated carbocycles. The standard InChI is InChI=1S/C16H23NO3/c1-16(2,3)20-15(19)17-13-8-7-11-5-4-6-12(10-18)14(11)9-13/h4-6,13,18H,7-10H2,1-3H3,(H,17,19)/t13-/m1/s1. The van der Waals surface area contributed by atoms with Gasteiger partial charge in [-0.3, -0.25) is 0 Å². The molecule has 1 aromatic carbocycles. The van der Waals surface area contributed by atoms with Crippen molar-refractivity contribution in [2.45, 2.75) is 58.3 Å². The molecule has 1 atom stereocenters. The summed E-state index contributed by atoms with van der Waals surface area (Å²) in [5.74, 6) is 0. The maximum Gasteiger partial charge on any atom is 0.407 e. The van der Waals surface area contributed by atoms with Crippen LogP contribution in [0.2, 0.25) is 0 Å². The van der Waals surface area contributed by atoms with Gasteiger partial charge in [0.2, 0.25) is 0 Å². The van der Waals surface area contributed by atoms with E-state index in [1.54, 1.807) is 0 Å². The van der Waals surface area contributed by atoms with Crippen LogP contribution in [0.25, 0.3) is 0 Å². The van der Waals surface area contributed by atoms with Gasteiger partial charge < -0.3 is 15.2 Å². The first-order valence-corrected chi connectivity index (χ1v) is 7.09. The third-order valence-corrected chi connectivity index (χ3v) is 3.47. The van der Waals surface area contributed by atoms with Crippen LogP contribution in [0, 0.1) is 0 Å². The number of amides is 1. The van der Waals surface area contributed by atoms with Crippen LogP contribution < -0.4 is 5.32 Å². The maximum absolute atomic E-state index is 11.8. The first-order valence-electron chi connectivity index (χ1n) is 7.09. The Kier molecular flexibility index (Phi) is 4.33. The van der Waals surface area contributed by atoms with E-state index in [1.807, 2.05) is 32.9 Å². The summed E-state index contributed by atoms with van der Waals surface area (Å²) in [4.78, 5) is 11.8. The van der Waals surface area contributed by atoms with Gasteiger partial charge >= 0.3 is 6.09 Å². The van der Waals surface area contributed by atoms with Crippen LogP contribution in [0.1, 0.15) is 43.9 Å². The minimum Gasteiger partial charge on any atom is -0.444 e. The molecule has 1 amide bonds. The number of hydrogen-bond acceptors (Lipinski definition) is 3. The lowest BCUT2D eigenvalue weighted by Gasteiger charge is -2.28. The van der Waals surface area contributed by atoms with E-state index in [-0.39, 0.29) is 18.7 Å². The zero-order valence-corrected chi connectivity index (χ0v) is 12.4. The van der Waals surface area contributed by atoms with Crippen LogP contribution in [-0.2, 0) is 24.2 Å². The number of aryl methyl sites for hydroxylation is 1. The highest BCUT2D eigenvalue weighted by atomic mass is 16.6. The number of alkyl carbamates (subject to hydrolysis) is 1. The summed E-state index contributed by atoms with van der Waals surface area (Å²) in [6.45, 7) is 5.61. The molecular formula is C16H23NO3. The lowest BCUT2D eigenvalue weighted by atomic mass is 9.85. The summed E-state index contributed by atoms with van der Waals surface area (Å²) in [6.07, 6.45) is 2.21. The highest BCUT2D eigenvalue weighted by Crippen LogP contribution is 2.25. The van der Waals surface area contributed by atoms with E-state index in [2.05, 4.69) is 11.4 Å². The van der Waals surface area contributed by atoms with Crippen molar-refractivity contribution in [3.8, 4) is 0 Å². The number of hydrogen-bond donors (Lipinski definition) is 2. The quantitative estimate of drug-likeness (QED) is 0.873. The predicted molar refractivity (Wildman–Crippen MR) is 77.5 cm³/mol. The van der Waals surface area contributed by atoms with Gasteiger partial charge in [0.05, 0.1) is 6.61 Å². The van der Waals surface area contributed by atoms with Crippen molar-refractivity contribution in [1.29, 1.82) is 0 Å². The van der Waals surface area contributed by atoms with E-state index >= 15 is 0 Å². The van der Waals surface area contributed by atoms with Crippen LogP contribution >= 0.6 is 0 Å². The lowest BCUT2D eigenvalue weighted by Crippen LogP contribution is -2.42. The summed E-state index contributed by atoms with van der Waals surface area (Å²) in [7, 11) is 0. The number of aliphatic hydroxyl groups excluding tert-OH is 1. The van der Waals surface area contributed by atoms with Crippen LogP contribution in [-0.4, -0.2) is 22.8 Å². The molecule has 0 aliphatic heterocycles. The normalized spacial score (nSPS) is 18.3. The fourth-order valence-electron chi connectivity index (χ4n) is 2.61. The highest BCUT2D eigenvalue weighted by Gasteiger charge is 2.24. The number of nitrogens with one attached hydrogen (secondary N) is 1. The van der Waals surface area contributed by atoms with Gasteiger partial charge in [-0.05, 0) is 56.7 Å². The lowest BCUT2D eigenvalue weighted by molar-refractivity contribution is 0.0500. The van der Waals surface area contributed by atoms with Gasteiger partial charge in [0, 0.05) is 6.04 Å². The molecule has 4 heteroatoms. The molecule has 2 rings (SSSR count). The number of ether oxygens (including phenoxy) is 1. The second-order valence-electron chi connectivity index (χ2n) is 6.30. The van der Waals surface area contributed by atoms with Crippen molar-refractivity contribution < 1.29 is 14.6 Å². The van der Waals surface area contributed by atoms with Gasteiger partial charge in [0.15, 0.2) is 0 Å². The Morgan fingerprint density at radius 3 is 2.85 bits per heavy atom. The molecule has 1 aliphatic rings. The molecule has 1 aliphatic carbocycles. The zero-order valence-electron chi connectivity index (χ0n) is 12.4. The second kappa shape index (κ2) is 5.83. The van der Waals surface area contributed by atoms with Gasteiger partial charge in [-0.15, -0.1) is 0 Å². The third-order valence-electron chi connectivity index (χ3n) is 3.47. The molecule has 0 unspecified atom stereocenters. The van der Waals surface area contributed by atoms with Crippen LogP contribution in [0.4, 0.5) is 4.79 Å². The largest absolute Gasteiger partial charge is 0.444 e. The van der Waals surface area contributed by atoms with Crippen LogP contribution in [0.5, 0.6) is 0 Å². The first kappa shape index (κ1) is 14.9. The van der Waals surface area contributed by atoms with E-state index in [1.165, 1.54) is 11.1 Å². The van der Waals surface area contributed by atoms with Crippen LogP contribution in [0.15, 0.2) is 18.2 Å². The molecule has 1 aromatic rings. The van der Waals surface area contributed by atoms with E-state index in [0.29, 0.717) is 0 Å². The van der Waals surface area contributed by atoms with Gasteiger partial charge in [0.25, 0.3) is 0 Å². The van der Waals surface area contributed by atoms with Gasteiger partial charge in [0.1, 0.15) is 5.60 Å². The Morgan fingerprint density at radius 1 is 1.45 bits per heavy atom. The minimum absolute atomic E-state index is 0.0440. The summed E-state index contributed by atoms with van der Waals surface area (Å²) in [6, 6.07) is 6.09. The molecule has 0 heterocycles. The number of carbonyl (C=O) groups excluding carboxylic acids is 1. The molecule has 4 nitrogen and oxygen atoms in total. The minimum atomic E-state index is -0.479. The fourth-order valence-corrected chi connectivity index (χ4v) is 2.61. The molecule has 0 radical (unpaired) electrons. The highest BCUT2D eigenvalue weighted by molar-refractivity contribution is 5.68. The maximum atomic E-state index is 11.8. The molecule has 0 saturated heterocycles. The SMILES string of the molecule is CC(C)(C)OC(=O)N[C@@H]1CCc2cccc(CO)c2C1. The Morgan fingerprint density at radius 2 is 2.20 bits per heavy atom. The average Bonchev–Trinajstić information content (AvgIpc) is 2.35. The smallest absolute Gasteiger partial charge is 0.407 e. The van der Waals surface area contributed by atoms with Crippen LogP contribution in [0.3, 0.4) is 0 Å². The van der Waals surface area contributed by atoms with Crippen molar-refractivity contribution in [2.75, 3.05) is 0 Å². The monoisotopic (exact) mass is 277 g/mol. The first-order chi connectivity index (χ1) is 9.39. The number of aliphatic hydroxyl groups is 1. The summed E-state index contributed by atoms with van der Waals surface area (Å²) in [5, 5.41) is 12.3. The number of carbonyl (C=O) groups is 1. The summed E-state index contributed by atoms with van der Waals surface area (Å²) in [5.41, 5.74) is 2.92. The van der Waals surface area contributed by atoms with E-state index in [0.717, 1.165) is 24.8 Å². The Labute approximate surface area is 120 Å². The van der Waals surface area contributed by atoms with Crippen molar-refractivity contribution >= 4 is 6.09 Å². The Hall–Kier alpha value is -1.55. The van der Waals surface area contributed by atoms with Crippen molar-refractivity contribution in [3.05, 3.63) is 34.9 Å². The zero-order chi connectivity index (χ0) is 14.8. The molecular weight excluding hydrogens is 254 g/mol. The molecule has 0 aromatic heterocycles. The van der Waals surface area contributed by atoms with Gasteiger partial charge in [-0.1, -0.05) is 18.2 Å². The second-order valence-corrected chi connectivity index (χ2v) is 6.30. The summed E-state index contributed by atoms with van der Waals surface area (Å²) >= 11 is 0. The topological polar surface area (TPSA) is 58.6 Å². The number of rotatable bonds is 2. The van der Waals surface area contributed by atoms with Gasteiger partial charge in [-0.2, -0.15) is 0 Å². The number of fused-ring (bicyclic) bond motifs is 1. The third kappa shape index (κ3) is 3.73. The fraction of sp³-hybridized carbons (Fsp3) is 0.562. The van der Waals surface area contributed by atoms with Gasteiger partial charge in [-0.25, -0.2) is 4.79 Å². The molecule has 0 fully saturated rings. The average molecular weight is 277 g/mol. The molecule has 0 spiro atoms. The predicted octanol–water partition coefficient (Wildman–Crippen LogP) is 2.56. The van der Waals surface area contributed by atoms with Crippen molar-refractivity contribution in [1.82, 2.24) is 5.32 Å². The molecule has 2 N–H and O–H groups in total. The molecule has 0 bridgehead atoms. The van der Waals surface area contributed by atoms with Crippen molar-refractivity contribution in [3.63, 3.8) is 0 Å². The molecule has 20 heavy (non-hydrogen) atoms. The van der Waals surface area contributed by atoms with E-state index in [4.69, 9.17) is 4.74 Å². The number of benzene rings is 1. The van der Waals surface area contributed by atoms with E-state index < -0.39 is 5.60 Å².